The molecule has 0 aromatic carbocycles. The Morgan fingerprint density at radius 3 is 1.88 bits per heavy atom. The first-order valence-corrected chi connectivity index (χ1v) is 3.12. The summed E-state index contributed by atoms with van der Waals surface area (Å²) in [6.07, 6.45) is 3.66. The molecule has 0 amide bonds. The van der Waals surface area contributed by atoms with Gasteiger partial charge in [0.2, 0.25) is 0 Å². The lowest BCUT2D eigenvalue weighted by Crippen LogP contribution is -2.17. The van der Waals surface area contributed by atoms with Crippen LogP contribution in [0.25, 0.3) is 0 Å². The molecule has 0 aromatic heterocycles. The van der Waals surface area contributed by atoms with Crippen LogP contribution in [0.2, 0.25) is 0 Å². The molecule has 0 atom stereocenters. The smallest absolute Gasteiger partial charge is 0.0980 e. The second-order valence-corrected chi connectivity index (χ2v) is 3.25. The van der Waals surface area contributed by atoms with E-state index in [1.54, 1.807) is 0 Å². The number of hydrogen-bond acceptors (Lipinski definition) is 1. The Hall–Kier alpha value is -0.0400. The molecular weight excluding hydrogens is 100 g/mol. The molecule has 1 aliphatic carbocycles. The molecule has 1 saturated carbocycles. The lowest BCUT2D eigenvalue weighted by atomic mass is 10.2. The minimum Gasteiger partial charge on any atom is -0.366 e. The van der Waals surface area contributed by atoms with Crippen LogP contribution in [0.1, 0.15) is 33.6 Å². The summed E-state index contributed by atoms with van der Waals surface area (Å²) in [4.78, 5) is 0. The fourth-order valence-corrected chi connectivity index (χ4v) is 0.586. The molecule has 1 heteroatoms. The molecule has 0 bridgehead atoms. The molecule has 1 radical (unpaired) electrons. The summed E-state index contributed by atoms with van der Waals surface area (Å²) in [5.41, 5.74) is 0.0475. The van der Waals surface area contributed by atoms with Gasteiger partial charge >= 0.3 is 0 Å². The average molecular weight is 113 g/mol. The van der Waals surface area contributed by atoms with Crippen molar-refractivity contribution in [2.45, 2.75) is 39.2 Å². The molecule has 0 heterocycles. The molecule has 1 nitrogen and oxygen atoms in total. The Kier molecular flexibility index (Phi) is 1.31. The van der Waals surface area contributed by atoms with Crippen LogP contribution in [0.4, 0.5) is 0 Å². The maximum atomic E-state index is 5.47. The van der Waals surface area contributed by atoms with Crippen LogP contribution < -0.4 is 0 Å². The molecule has 0 spiro atoms. The molecule has 0 N–H and O–H groups in total. The third kappa shape index (κ3) is 2.31. The van der Waals surface area contributed by atoms with Crippen molar-refractivity contribution in [3.05, 3.63) is 6.10 Å². The van der Waals surface area contributed by atoms with Gasteiger partial charge in [-0.05, 0) is 33.6 Å². The zero-order chi connectivity index (χ0) is 6.20. The lowest BCUT2D eigenvalue weighted by Gasteiger charge is -2.17. The van der Waals surface area contributed by atoms with Crippen LogP contribution in [0.5, 0.6) is 0 Å². The summed E-state index contributed by atoms with van der Waals surface area (Å²) in [6, 6.07) is 0. The summed E-state index contributed by atoms with van der Waals surface area (Å²) in [6.45, 7) is 6.24. The van der Waals surface area contributed by atoms with Crippen LogP contribution in [-0.2, 0) is 4.74 Å². The van der Waals surface area contributed by atoms with Crippen molar-refractivity contribution in [2.24, 2.45) is 0 Å². The lowest BCUT2D eigenvalue weighted by molar-refractivity contribution is 0.0334. The standard InChI is InChI=1S/C7H13O/c1-7(2,3)8-6-4-5-6/h4-5H2,1-3H3. The quantitative estimate of drug-likeness (QED) is 0.506. The molecule has 0 saturated heterocycles. The van der Waals surface area contributed by atoms with Crippen molar-refractivity contribution in [1.82, 2.24) is 0 Å². The normalized spacial score (nSPS) is 21.4. The SMILES string of the molecule is CC(C)(C)O[C]1CC1. The summed E-state index contributed by atoms with van der Waals surface area (Å²) < 4.78 is 5.47. The molecule has 1 aliphatic rings. The Morgan fingerprint density at radius 2 is 1.75 bits per heavy atom. The predicted molar refractivity (Wildman–Crippen MR) is 33.3 cm³/mol. The van der Waals surface area contributed by atoms with Crippen molar-refractivity contribution in [2.75, 3.05) is 0 Å². The van der Waals surface area contributed by atoms with E-state index < -0.39 is 0 Å². The monoisotopic (exact) mass is 113 g/mol. The first-order valence-electron chi connectivity index (χ1n) is 3.12. The Labute approximate surface area is 51.0 Å². The van der Waals surface area contributed by atoms with Crippen molar-refractivity contribution < 1.29 is 4.74 Å². The van der Waals surface area contributed by atoms with Gasteiger partial charge in [0.15, 0.2) is 0 Å². The highest BCUT2D eigenvalue weighted by Crippen LogP contribution is 2.36. The zero-order valence-corrected chi connectivity index (χ0v) is 5.82. The Morgan fingerprint density at radius 1 is 1.25 bits per heavy atom. The molecule has 0 unspecified atom stereocenters. The fraction of sp³-hybridized carbons (Fsp3) is 0.857. The van der Waals surface area contributed by atoms with Crippen molar-refractivity contribution >= 4 is 0 Å². The Balaban J connectivity index is 2.16. The molecule has 8 heavy (non-hydrogen) atoms. The van der Waals surface area contributed by atoms with Gasteiger partial charge < -0.3 is 4.74 Å². The van der Waals surface area contributed by atoms with Gasteiger partial charge in [-0.1, -0.05) is 0 Å². The van der Waals surface area contributed by atoms with Crippen molar-refractivity contribution in [3.8, 4) is 0 Å². The Bertz CT molecular complexity index is 76.9. The molecule has 0 aliphatic heterocycles. The van der Waals surface area contributed by atoms with E-state index in [0.717, 1.165) is 0 Å². The first kappa shape index (κ1) is 6.09. The molecule has 47 valence electrons. The van der Waals surface area contributed by atoms with E-state index >= 15 is 0 Å². The van der Waals surface area contributed by atoms with Gasteiger partial charge in [0, 0.05) is 0 Å². The predicted octanol–water partition coefficient (Wildman–Crippen LogP) is 2.13. The van der Waals surface area contributed by atoms with E-state index in [1.165, 1.54) is 18.9 Å². The largest absolute Gasteiger partial charge is 0.366 e. The molecule has 0 aromatic rings. The summed E-state index contributed by atoms with van der Waals surface area (Å²) in [5, 5.41) is 0. The van der Waals surface area contributed by atoms with E-state index in [2.05, 4.69) is 20.8 Å². The van der Waals surface area contributed by atoms with Crippen LogP contribution in [0.15, 0.2) is 0 Å². The van der Waals surface area contributed by atoms with Crippen LogP contribution in [-0.4, -0.2) is 5.60 Å². The van der Waals surface area contributed by atoms with Gasteiger partial charge in [-0.3, -0.25) is 0 Å². The second kappa shape index (κ2) is 1.73. The first-order chi connectivity index (χ1) is 3.58. The molecule has 1 fully saturated rings. The number of rotatable bonds is 1. The fourth-order valence-electron chi connectivity index (χ4n) is 0.586. The molecular formula is C7H13O. The number of hydrogen-bond donors (Lipinski definition) is 0. The highest BCUT2D eigenvalue weighted by molar-refractivity contribution is 4.96. The zero-order valence-electron chi connectivity index (χ0n) is 5.82. The van der Waals surface area contributed by atoms with Gasteiger partial charge in [0.05, 0.1) is 11.7 Å². The maximum Gasteiger partial charge on any atom is 0.0980 e. The minimum atomic E-state index is 0.0475. The van der Waals surface area contributed by atoms with Crippen molar-refractivity contribution in [1.29, 1.82) is 0 Å². The van der Waals surface area contributed by atoms with Gasteiger partial charge in [-0.25, -0.2) is 0 Å². The summed E-state index contributed by atoms with van der Waals surface area (Å²) in [5.74, 6) is 0. The van der Waals surface area contributed by atoms with Gasteiger partial charge in [0.1, 0.15) is 0 Å². The average Bonchev–Trinajstić information content (AvgIpc) is 2.12. The maximum absolute atomic E-state index is 5.47. The van der Waals surface area contributed by atoms with Crippen molar-refractivity contribution in [3.63, 3.8) is 0 Å². The second-order valence-electron chi connectivity index (χ2n) is 3.25. The highest BCUT2D eigenvalue weighted by Gasteiger charge is 2.28. The van der Waals surface area contributed by atoms with Gasteiger partial charge in [-0.15, -0.1) is 0 Å². The number of ether oxygens (including phenoxy) is 1. The van der Waals surface area contributed by atoms with E-state index in [4.69, 9.17) is 4.74 Å². The topological polar surface area (TPSA) is 9.23 Å². The third-order valence-electron chi connectivity index (χ3n) is 0.905. The van der Waals surface area contributed by atoms with Crippen LogP contribution in [0.3, 0.4) is 0 Å². The molecule has 1 rings (SSSR count). The van der Waals surface area contributed by atoms with Gasteiger partial charge in [0.25, 0.3) is 0 Å². The van der Waals surface area contributed by atoms with E-state index in [1.807, 2.05) is 0 Å². The third-order valence-corrected chi connectivity index (χ3v) is 0.905. The van der Waals surface area contributed by atoms with Gasteiger partial charge in [-0.2, -0.15) is 0 Å². The van der Waals surface area contributed by atoms with E-state index in [-0.39, 0.29) is 5.60 Å². The highest BCUT2D eigenvalue weighted by atomic mass is 16.5. The van der Waals surface area contributed by atoms with E-state index in [9.17, 15) is 0 Å². The minimum absolute atomic E-state index is 0.0475. The van der Waals surface area contributed by atoms with E-state index in [0.29, 0.717) is 0 Å². The van der Waals surface area contributed by atoms with Crippen LogP contribution in [0, 0.1) is 6.10 Å². The summed E-state index contributed by atoms with van der Waals surface area (Å²) >= 11 is 0. The van der Waals surface area contributed by atoms with Crippen LogP contribution >= 0.6 is 0 Å². The summed E-state index contributed by atoms with van der Waals surface area (Å²) in [7, 11) is 0.